The van der Waals surface area contributed by atoms with Crippen LogP contribution in [-0.4, -0.2) is 11.1 Å². The molecule has 0 amide bonds. The summed E-state index contributed by atoms with van der Waals surface area (Å²) in [5.74, 6) is -0.882. The molecule has 104 valence electrons. The van der Waals surface area contributed by atoms with E-state index in [4.69, 9.17) is 0 Å². The number of fused-ring (bicyclic) bond motifs is 1. The summed E-state index contributed by atoms with van der Waals surface area (Å²) in [4.78, 5) is 11.3. The van der Waals surface area contributed by atoms with E-state index >= 15 is 0 Å². The highest BCUT2D eigenvalue weighted by Gasteiger charge is 2.11. The standard InChI is InChI=1S/C18H13BrO2/c19-17-10-4-8-14-12(6-3-9-16(14)17)11-13-5-1-2-7-15(13)18(20)21/h1-10H,11H2,(H,20,21). The van der Waals surface area contributed by atoms with Gasteiger partial charge in [0.2, 0.25) is 0 Å². The number of benzene rings is 3. The van der Waals surface area contributed by atoms with Crippen molar-refractivity contribution in [3.8, 4) is 0 Å². The third-order valence-electron chi connectivity index (χ3n) is 3.59. The SMILES string of the molecule is O=C(O)c1ccccc1Cc1cccc2c(Br)cccc12. The minimum absolute atomic E-state index is 0.365. The number of carboxylic acid groups (broad SMARTS) is 1. The Kier molecular flexibility index (Phi) is 3.76. The highest BCUT2D eigenvalue weighted by atomic mass is 79.9. The van der Waals surface area contributed by atoms with Gasteiger partial charge >= 0.3 is 5.97 Å². The number of rotatable bonds is 3. The Morgan fingerprint density at radius 1 is 0.857 bits per heavy atom. The largest absolute Gasteiger partial charge is 0.478 e. The summed E-state index contributed by atoms with van der Waals surface area (Å²) >= 11 is 3.56. The van der Waals surface area contributed by atoms with Gasteiger partial charge in [0.15, 0.2) is 0 Å². The zero-order valence-corrected chi connectivity index (χ0v) is 12.8. The number of carbonyl (C=O) groups is 1. The summed E-state index contributed by atoms with van der Waals surface area (Å²) in [7, 11) is 0. The van der Waals surface area contributed by atoms with Gasteiger partial charge in [0, 0.05) is 4.47 Å². The third kappa shape index (κ3) is 2.69. The average molecular weight is 341 g/mol. The van der Waals surface area contributed by atoms with Crippen molar-refractivity contribution in [3.05, 3.63) is 81.8 Å². The number of halogens is 1. The highest BCUT2D eigenvalue weighted by molar-refractivity contribution is 9.10. The predicted molar refractivity (Wildman–Crippen MR) is 87.9 cm³/mol. The first-order valence-electron chi connectivity index (χ1n) is 6.64. The summed E-state index contributed by atoms with van der Waals surface area (Å²) in [6.45, 7) is 0. The molecule has 3 aromatic rings. The molecule has 0 unspecified atom stereocenters. The maximum absolute atomic E-state index is 11.3. The van der Waals surface area contributed by atoms with Crippen molar-refractivity contribution in [1.29, 1.82) is 0 Å². The van der Waals surface area contributed by atoms with Crippen LogP contribution in [0.1, 0.15) is 21.5 Å². The molecule has 0 saturated heterocycles. The lowest BCUT2D eigenvalue weighted by Crippen LogP contribution is -2.03. The number of carboxylic acids is 1. The second kappa shape index (κ2) is 5.70. The van der Waals surface area contributed by atoms with Crippen LogP contribution in [0.25, 0.3) is 10.8 Å². The molecule has 0 fully saturated rings. The van der Waals surface area contributed by atoms with E-state index in [-0.39, 0.29) is 0 Å². The highest BCUT2D eigenvalue weighted by Crippen LogP contribution is 2.28. The maximum atomic E-state index is 11.3. The van der Waals surface area contributed by atoms with Gasteiger partial charge in [0.25, 0.3) is 0 Å². The molecular weight excluding hydrogens is 328 g/mol. The molecular formula is C18H13BrO2. The molecule has 0 aliphatic carbocycles. The molecule has 3 aromatic carbocycles. The van der Waals surface area contributed by atoms with E-state index in [2.05, 4.69) is 28.1 Å². The molecule has 0 spiro atoms. The van der Waals surface area contributed by atoms with Crippen molar-refractivity contribution in [2.45, 2.75) is 6.42 Å². The Morgan fingerprint density at radius 3 is 2.33 bits per heavy atom. The molecule has 0 aliphatic heterocycles. The molecule has 21 heavy (non-hydrogen) atoms. The van der Waals surface area contributed by atoms with Crippen LogP contribution in [0.3, 0.4) is 0 Å². The molecule has 0 heterocycles. The van der Waals surface area contributed by atoms with Crippen LogP contribution in [0.15, 0.2) is 65.1 Å². The summed E-state index contributed by atoms with van der Waals surface area (Å²) in [6.07, 6.45) is 0.607. The number of hydrogen-bond donors (Lipinski definition) is 1. The fourth-order valence-corrected chi connectivity index (χ4v) is 3.08. The van der Waals surface area contributed by atoms with E-state index in [0.29, 0.717) is 12.0 Å². The summed E-state index contributed by atoms with van der Waals surface area (Å²) in [5, 5.41) is 11.6. The van der Waals surface area contributed by atoms with E-state index in [1.54, 1.807) is 12.1 Å². The zero-order valence-electron chi connectivity index (χ0n) is 11.2. The smallest absolute Gasteiger partial charge is 0.335 e. The quantitative estimate of drug-likeness (QED) is 0.736. The molecule has 0 saturated carbocycles. The molecule has 1 N–H and O–H groups in total. The third-order valence-corrected chi connectivity index (χ3v) is 4.28. The lowest BCUT2D eigenvalue weighted by atomic mass is 9.96. The van der Waals surface area contributed by atoms with Crippen LogP contribution in [0.2, 0.25) is 0 Å². The first-order valence-corrected chi connectivity index (χ1v) is 7.43. The van der Waals surface area contributed by atoms with Gasteiger partial charge in [0.1, 0.15) is 0 Å². The van der Waals surface area contributed by atoms with Crippen LogP contribution in [-0.2, 0) is 6.42 Å². The molecule has 0 atom stereocenters. The van der Waals surface area contributed by atoms with E-state index in [1.165, 1.54) is 0 Å². The van der Waals surface area contributed by atoms with Gasteiger partial charge in [-0.2, -0.15) is 0 Å². The first-order chi connectivity index (χ1) is 10.2. The van der Waals surface area contributed by atoms with E-state index in [0.717, 1.165) is 26.4 Å². The predicted octanol–water partition coefficient (Wildman–Crippen LogP) is 4.89. The molecule has 3 heteroatoms. The van der Waals surface area contributed by atoms with Gasteiger partial charge in [-0.25, -0.2) is 4.79 Å². The zero-order chi connectivity index (χ0) is 14.8. The minimum Gasteiger partial charge on any atom is -0.478 e. The molecule has 2 nitrogen and oxygen atoms in total. The molecule has 0 aliphatic rings. The first kappa shape index (κ1) is 13.8. The van der Waals surface area contributed by atoms with Gasteiger partial charge in [-0.3, -0.25) is 0 Å². The lowest BCUT2D eigenvalue weighted by Gasteiger charge is -2.10. The van der Waals surface area contributed by atoms with Crippen molar-refractivity contribution >= 4 is 32.7 Å². The topological polar surface area (TPSA) is 37.3 Å². The van der Waals surface area contributed by atoms with Crippen LogP contribution in [0, 0.1) is 0 Å². The van der Waals surface area contributed by atoms with Gasteiger partial charge in [0.05, 0.1) is 5.56 Å². The molecule has 0 bridgehead atoms. The Labute approximate surface area is 131 Å². The van der Waals surface area contributed by atoms with Crippen LogP contribution in [0.5, 0.6) is 0 Å². The Morgan fingerprint density at radius 2 is 1.52 bits per heavy atom. The monoisotopic (exact) mass is 340 g/mol. The summed E-state index contributed by atoms with van der Waals surface area (Å²) < 4.78 is 1.05. The maximum Gasteiger partial charge on any atom is 0.335 e. The number of aromatic carboxylic acids is 1. The summed E-state index contributed by atoms with van der Waals surface area (Å²) in [6, 6.07) is 19.4. The van der Waals surface area contributed by atoms with E-state index in [9.17, 15) is 9.90 Å². The fourth-order valence-electron chi connectivity index (χ4n) is 2.58. The van der Waals surface area contributed by atoms with Crippen LogP contribution in [0.4, 0.5) is 0 Å². The fraction of sp³-hybridized carbons (Fsp3) is 0.0556. The molecule has 0 aromatic heterocycles. The molecule has 0 radical (unpaired) electrons. The Hall–Kier alpha value is -2.13. The average Bonchev–Trinajstić information content (AvgIpc) is 2.49. The normalized spacial score (nSPS) is 10.7. The Balaban J connectivity index is 2.11. The second-order valence-electron chi connectivity index (χ2n) is 4.89. The van der Waals surface area contributed by atoms with Crippen molar-refractivity contribution in [1.82, 2.24) is 0 Å². The van der Waals surface area contributed by atoms with Gasteiger partial charge in [-0.1, -0.05) is 64.5 Å². The lowest BCUT2D eigenvalue weighted by molar-refractivity contribution is 0.0696. The van der Waals surface area contributed by atoms with Crippen LogP contribution < -0.4 is 0 Å². The van der Waals surface area contributed by atoms with E-state index in [1.807, 2.05) is 36.4 Å². The second-order valence-corrected chi connectivity index (χ2v) is 5.75. The number of hydrogen-bond acceptors (Lipinski definition) is 1. The van der Waals surface area contributed by atoms with Crippen molar-refractivity contribution < 1.29 is 9.90 Å². The van der Waals surface area contributed by atoms with Crippen molar-refractivity contribution in [2.75, 3.05) is 0 Å². The Bertz CT molecular complexity index is 824. The molecule has 3 rings (SSSR count). The summed E-state index contributed by atoms with van der Waals surface area (Å²) in [5.41, 5.74) is 2.32. The van der Waals surface area contributed by atoms with Gasteiger partial charge in [-0.15, -0.1) is 0 Å². The van der Waals surface area contributed by atoms with E-state index < -0.39 is 5.97 Å². The van der Waals surface area contributed by atoms with Crippen molar-refractivity contribution in [3.63, 3.8) is 0 Å². The van der Waals surface area contributed by atoms with Crippen molar-refractivity contribution in [2.24, 2.45) is 0 Å². The van der Waals surface area contributed by atoms with Crippen LogP contribution >= 0.6 is 15.9 Å². The van der Waals surface area contributed by atoms with Gasteiger partial charge in [-0.05, 0) is 40.5 Å². The van der Waals surface area contributed by atoms with Gasteiger partial charge < -0.3 is 5.11 Å². The minimum atomic E-state index is -0.882.